The lowest BCUT2D eigenvalue weighted by Crippen LogP contribution is -2.22. The minimum absolute atomic E-state index is 0.0694. The SMILES string of the molecule is CC(=NN=C(N)N)c1sc(-c2cccc(OCc3ccccc3)c2)nc1C. The average molecular weight is 379 g/mol. The van der Waals surface area contributed by atoms with Gasteiger partial charge in [-0.3, -0.25) is 0 Å². The summed E-state index contributed by atoms with van der Waals surface area (Å²) in [5.74, 6) is 0.733. The van der Waals surface area contributed by atoms with E-state index in [-0.39, 0.29) is 5.96 Å². The maximum absolute atomic E-state index is 5.91. The first kappa shape index (κ1) is 18.6. The molecule has 0 aliphatic heterocycles. The number of ether oxygens (including phenoxy) is 1. The molecule has 0 saturated carbocycles. The van der Waals surface area contributed by atoms with Gasteiger partial charge in [-0.2, -0.15) is 5.10 Å². The Bertz CT molecular complexity index is 975. The molecule has 0 aliphatic rings. The number of nitrogens with zero attached hydrogens (tertiary/aromatic N) is 3. The van der Waals surface area contributed by atoms with Gasteiger partial charge in [-0.1, -0.05) is 42.5 Å². The van der Waals surface area contributed by atoms with Crippen LogP contribution in [0.3, 0.4) is 0 Å². The number of guanidine groups is 1. The molecule has 0 aliphatic carbocycles. The van der Waals surface area contributed by atoms with Gasteiger partial charge in [0.1, 0.15) is 17.4 Å². The highest BCUT2D eigenvalue weighted by Gasteiger charge is 2.12. The van der Waals surface area contributed by atoms with Crippen LogP contribution >= 0.6 is 11.3 Å². The summed E-state index contributed by atoms with van der Waals surface area (Å²) in [5, 5.41) is 8.65. The van der Waals surface area contributed by atoms with Crippen LogP contribution < -0.4 is 16.2 Å². The van der Waals surface area contributed by atoms with E-state index in [2.05, 4.69) is 15.2 Å². The molecule has 0 fully saturated rings. The maximum Gasteiger partial charge on any atom is 0.211 e. The monoisotopic (exact) mass is 379 g/mol. The summed E-state index contributed by atoms with van der Waals surface area (Å²) in [5.41, 5.74) is 14.4. The molecule has 0 radical (unpaired) electrons. The Hall–Kier alpha value is -3.19. The van der Waals surface area contributed by atoms with E-state index < -0.39 is 0 Å². The Labute approximate surface area is 162 Å². The molecule has 0 bridgehead atoms. The molecule has 1 aromatic heterocycles. The summed E-state index contributed by atoms with van der Waals surface area (Å²) in [6.45, 7) is 4.33. The molecular weight excluding hydrogens is 358 g/mol. The van der Waals surface area contributed by atoms with Crippen molar-refractivity contribution in [2.45, 2.75) is 20.5 Å². The molecule has 0 unspecified atom stereocenters. The van der Waals surface area contributed by atoms with Gasteiger partial charge in [0, 0.05) is 5.56 Å². The third-order valence-electron chi connectivity index (χ3n) is 3.77. The fourth-order valence-corrected chi connectivity index (χ4v) is 3.50. The maximum atomic E-state index is 5.91. The second kappa shape index (κ2) is 8.46. The highest BCUT2D eigenvalue weighted by molar-refractivity contribution is 7.17. The Morgan fingerprint density at radius 1 is 1.07 bits per heavy atom. The first-order valence-corrected chi connectivity index (χ1v) is 9.22. The summed E-state index contributed by atoms with van der Waals surface area (Å²) < 4.78 is 5.91. The van der Waals surface area contributed by atoms with Gasteiger partial charge in [0.25, 0.3) is 0 Å². The first-order chi connectivity index (χ1) is 13.0. The van der Waals surface area contributed by atoms with Crippen molar-refractivity contribution in [3.63, 3.8) is 0 Å². The molecule has 6 nitrogen and oxygen atoms in total. The van der Waals surface area contributed by atoms with Crippen molar-refractivity contribution >= 4 is 23.0 Å². The average Bonchev–Trinajstić information content (AvgIpc) is 3.07. The van der Waals surface area contributed by atoms with Crippen LogP contribution in [0.25, 0.3) is 10.6 Å². The zero-order valence-corrected chi connectivity index (χ0v) is 16.0. The predicted octanol–water partition coefficient (Wildman–Crippen LogP) is 3.69. The number of nitrogens with two attached hydrogens (primary N) is 2. The van der Waals surface area contributed by atoms with Crippen molar-refractivity contribution in [2.75, 3.05) is 0 Å². The van der Waals surface area contributed by atoms with Crippen molar-refractivity contribution < 1.29 is 4.74 Å². The Morgan fingerprint density at radius 2 is 1.85 bits per heavy atom. The highest BCUT2D eigenvalue weighted by atomic mass is 32.1. The first-order valence-electron chi connectivity index (χ1n) is 8.41. The molecule has 138 valence electrons. The summed E-state index contributed by atoms with van der Waals surface area (Å²) in [4.78, 5) is 5.61. The van der Waals surface area contributed by atoms with Gasteiger partial charge in [-0.25, -0.2) is 4.98 Å². The summed E-state index contributed by atoms with van der Waals surface area (Å²) in [6.07, 6.45) is 0. The Balaban J connectivity index is 1.80. The van der Waals surface area contributed by atoms with Gasteiger partial charge in [0.2, 0.25) is 5.96 Å². The predicted molar refractivity (Wildman–Crippen MR) is 111 cm³/mol. The smallest absolute Gasteiger partial charge is 0.211 e. The molecular formula is C20H21N5OS. The van der Waals surface area contributed by atoms with Crippen LogP contribution in [0.15, 0.2) is 64.8 Å². The van der Waals surface area contributed by atoms with E-state index in [1.807, 2.05) is 68.4 Å². The number of aromatic nitrogens is 1. The molecule has 7 heteroatoms. The fourth-order valence-electron chi connectivity index (χ4n) is 2.49. The van der Waals surface area contributed by atoms with Gasteiger partial charge in [0.15, 0.2) is 0 Å². The van der Waals surface area contributed by atoms with Crippen molar-refractivity contribution in [1.82, 2.24) is 4.98 Å². The second-order valence-corrected chi connectivity index (χ2v) is 6.95. The molecule has 3 aromatic rings. The highest BCUT2D eigenvalue weighted by Crippen LogP contribution is 2.30. The van der Waals surface area contributed by atoms with Crippen molar-refractivity contribution in [3.05, 3.63) is 70.7 Å². The number of aryl methyl sites for hydroxylation is 1. The normalized spacial score (nSPS) is 11.3. The Morgan fingerprint density at radius 3 is 2.59 bits per heavy atom. The second-order valence-electron chi connectivity index (χ2n) is 5.95. The number of rotatable bonds is 6. The van der Waals surface area contributed by atoms with Crippen LogP contribution in [0, 0.1) is 6.92 Å². The molecule has 0 amide bonds. The molecule has 0 atom stereocenters. The lowest BCUT2D eigenvalue weighted by Gasteiger charge is -2.07. The van der Waals surface area contributed by atoms with E-state index in [1.54, 1.807) is 11.3 Å². The third kappa shape index (κ3) is 4.92. The van der Waals surface area contributed by atoms with E-state index >= 15 is 0 Å². The van der Waals surface area contributed by atoms with E-state index in [0.717, 1.165) is 38.2 Å². The van der Waals surface area contributed by atoms with Crippen molar-refractivity contribution in [3.8, 4) is 16.3 Å². The fraction of sp³-hybridized carbons (Fsp3) is 0.150. The topological polar surface area (TPSA) is 98.9 Å². The zero-order valence-electron chi connectivity index (χ0n) is 15.2. The van der Waals surface area contributed by atoms with Crippen LogP contribution in [-0.4, -0.2) is 16.7 Å². The van der Waals surface area contributed by atoms with Crippen LogP contribution in [0.4, 0.5) is 0 Å². The van der Waals surface area contributed by atoms with E-state index in [1.165, 1.54) is 0 Å². The number of thiazole rings is 1. The molecule has 0 spiro atoms. The van der Waals surface area contributed by atoms with Crippen LogP contribution in [-0.2, 0) is 6.61 Å². The lowest BCUT2D eigenvalue weighted by atomic mass is 10.2. The largest absolute Gasteiger partial charge is 0.489 e. The lowest BCUT2D eigenvalue weighted by molar-refractivity contribution is 0.306. The minimum atomic E-state index is -0.0694. The molecule has 2 aromatic carbocycles. The van der Waals surface area contributed by atoms with Gasteiger partial charge >= 0.3 is 0 Å². The van der Waals surface area contributed by atoms with E-state index in [4.69, 9.17) is 16.2 Å². The molecule has 0 saturated heterocycles. The molecule has 4 N–H and O–H groups in total. The standard InChI is InChI=1S/C20H21N5OS/c1-13-18(14(2)24-25-20(21)22)27-19(23-13)16-9-6-10-17(11-16)26-12-15-7-4-3-5-8-15/h3-11H,12H2,1-2H3,(H4,21,22,25). The summed E-state index contributed by atoms with van der Waals surface area (Å²) in [6, 6.07) is 18.0. The van der Waals surface area contributed by atoms with Gasteiger partial charge < -0.3 is 16.2 Å². The number of hydrogen-bond acceptors (Lipinski definition) is 5. The van der Waals surface area contributed by atoms with Crippen LogP contribution in [0.2, 0.25) is 0 Å². The van der Waals surface area contributed by atoms with Gasteiger partial charge in [-0.05, 0) is 31.5 Å². The van der Waals surface area contributed by atoms with Gasteiger partial charge in [0.05, 0.1) is 16.3 Å². The van der Waals surface area contributed by atoms with Crippen LogP contribution in [0.5, 0.6) is 5.75 Å². The quantitative estimate of drug-likeness (QED) is 0.387. The van der Waals surface area contributed by atoms with Crippen LogP contribution in [0.1, 0.15) is 23.1 Å². The zero-order chi connectivity index (χ0) is 19.2. The van der Waals surface area contributed by atoms with E-state index in [9.17, 15) is 0 Å². The van der Waals surface area contributed by atoms with Gasteiger partial charge in [-0.15, -0.1) is 16.4 Å². The summed E-state index contributed by atoms with van der Waals surface area (Å²) >= 11 is 1.55. The number of benzene rings is 2. The minimum Gasteiger partial charge on any atom is -0.489 e. The Kier molecular flexibility index (Phi) is 5.83. The van der Waals surface area contributed by atoms with Crippen molar-refractivity contribution in [2.24, 2.45) is 21.7 Å². The van der Waals surface area contributed by atoms with Crippen molar-refractivity contribution in [1.29, 1.82) is 0 Å². The third-order valence-corrected chi connectivity index (χ3v) is 5.09. The summed E-state index contributed by atoms with van der Waals surface area (Å²) in [7, 11) is 0. The molecule has 1 heterocycles. The number of hydrogen-bond donors (Lipinski definition) is 2. The molecule has 27 heavy (non-hydrogen) atoms. The molecule has 3 rings (SSSR count). The van der Waals surface area contributed by atoms with E-state index in [0.29, 0.717) is 6.61 Å².